The van der Waals surface area contributed by atoms with Crippen molar-refractivity contribution in [1.29, 1.82) is 0 Å². The van der Waals surface area contributed by atoms with Crippen LogP contribution >= 0.6 is 0 Å². The molecule has 0 aromatic heterocycles. The number of esters is 1. The maximum atomic E-state index is 13.8. The van der Waals surface area contributed by atoms with Gasteiger partial charge in [0, 0.05) is 42.8 Å². The van der Waals surface area contributed by atoms with Gasteiger partial charge in [0.25, 0.3) is 0 Å². The minimum absolute atomic E-state index is 0.232. The third-order valence-electron chi connectivity index (χ3n) is 7.70. The van der Waals surface area contributed by atoms with Gasteiger partial charge in [0.1, 0.15) is 12.1 Å². The molecule has 2 aliphatic heterocycles. The molecular formula is C32H36N4O5. The van der Waals surface area contributed by atoms with Crippen LogP contribution in [0.4, 0.5) is 4.79 Å². The van der Waals surface area contributed by atoms with E-state index >= 15 is 0 Å². The van der Waals surface area contributed by atoms with Gasteiger partial charge < -0.3 is 20.5 Å². The number of hydrogen-bond donors (Lipinski definition) is 3. The summed E-state index contributed by atoms with van der Waals surface area (Å²) in [4.78, 5) is 42.2. The molecule has 2 atom stereocenters. The third kappa shape index (κ3) is 5.55. The molecule has 9 heteroatoms. The molecule has 2 amide bonds. The number of piperazine rings is 1. The van der Waals surface area contributed by atoms with E-state index in [0.29, 0.717) is 13.1 Å². The van der Waals surface area contributed by atoms with E-state index in [1.165, 1.54) is 4.90 Å². The number of carboxylic acid groups (broad SMARTS) is 1. The van der Waals surface area contributed by atoms with Crippen LogP contribution in [0.15, 0.2) is 84.9 Å². The summed E-state index contributed by atoms with van der Waals surface area (Å²) in [6.45, 7) is 6.78. The van der Waals surface area contributed by atoms with E-state index < -0.39 is 29.4 Å². The molecule has 41 heavy (non-hydrogen) atoms. The predicted octanol–water partition coefficient (Wildman–Crippen LogP) is 3.68. The lowest BCUT2D eigenvalue weighted by molar-refractivity contribution is -0.153. The average Bonchev–Trinajstić information content (AvgIpc) is 3.28. The number of carbonyl (C=O) groups excluding carboxylic acids is 2. The van der Waals surface area contributed by atoms with E-state index in [4.69, 9.17) is 4.74 Å². The molecule has 2 aliphatic rings. The minimum atomic E-state index is -1.25. The Bertz CT molecular complexity index is 1370. The molecular weight excluding hydrogens is 520 g/mol. The van der Waals surface area contributed by atoms with Gasteiger partial charge in [-0.1, -0.05) is 84.9 Å². The van der Waals surface area contributed by atoms with Crippen molar-refractivity contribution >= 4 is 18.0 Å². The first-order valence-electron chi connectivity index (χ1n) is 13.8. The topological polar surface area (TPSA) is 111 Å². The highest BCUT2D eigenvalue weighted by Gasteiger charge is 2.60. The molecule has 3 aromatic rings. The van der Waals surface area contributed by atoms with Gasteiger partial charge in [-0.15, -0.1) is 0 Å². The highest BCUT2D eigenvalue weighted by atomic mass is 16.6. The largest absolute Gasteiger partial charge is 0.465 e. The second-order valence-corrected chi connectivity index (χ2v) is 11.5. The molecule has 3 N–H and O–H groups in total. The molecule has 214 valence electrons. The fourth-order valence-electron chi connectivity index (χ4n) is 5.72. The maximum Gasteiger partial charge on any atom is 0.408 e. The first kappa shape index (κ1) is 28.3. The summed E-state index contributed by atoms with van der Waals surface area (Å²) in [6.07, 6.45) is -0.988. The average molecular weight is 557 g/mol. The molecule has 0 bridgehead atoms. The molecule has 2 saturated heterocycles. The summed E-state index contributed by atoms with van der Waals surface area (Å²) in [5, 5.41) is 16.0. The zero-order chi connectivity index (χ0) is 29.2. The van der Waals surface area contributed by atoms with Gasteiger partial charge in [-0.2, -0.15) is 0 Å². The number of ether oxygens (including phenoxy) is 1. The highest BCUT2D eigenvalue weighted by Crippen LogP contribution is 2.45. The van der Waals surface area contributed by atoms with Crippen LogP contribution in [0.25, 0.3) is 0 Å². The van der Waals surface area contributed by atoms with E-state index in [1.54, 1.807) is 0 Å². The Morgan fingerprint density at radius 1 is 0.976 bits per heavy atom. The second kappa shape index (κ2) is 11.3. The monoisotopic (exact) mass is 556 g/mol. The zero-order valence-corrected chi connectivity index (χ0v) is 23.5. The summed E-state index contributed by atoms with van der Waals surface area (Å²) in [6, 6.07) is 25.3. The van der Waals surface area contributed by atoms with Gasteiger partial charge in [-0.25, -0.2) is 9.69 Å². The van der Waals surface area contributed by atoms with Crippen molar-refractivity contribution < 1.29 is 24.2 Å². The molecule has 0 spiro atoms. The van der Waals surface area contributed by atoms with E-state index in [1.807, 2.05) is 111 Å². The Morgan fingerprint density at radius 2 is 1.59 bits per heavy atom. The third-order valence-corrected chi connectivity index (χ3v) is 7.70. The summed E-state index contributed by atoms with van der Waals surface area (Å²) in [5.74, 6) is -0.610. The van der Waals surface area contributed by atoms with Crippen molar-refractivity contribution in [2.75, 3.05) is 13.1 Å². The lowest BCUT2D eigenvalue weighted by Crippen LogP contribution is -2.65. The molecule has 9 nitrogen and oxygen atoms in total. The zero-order valence-electron chi connectivity index (χ0n) is 23.5. The Hall–Kier alpha value is -4.21. The molecule has 2 unspecified atom stereocenters. The van der Waals surface area contributed by atoms with E-state index in [0.717, 1.165) is 22.3 Å². The van der Waals surface area contributed by atoms with Crippen LogP contribution in [0.1, 0.15) is 43.0 Å². The van der Waals surface area contributed by atoms with Crippen molar-refractivity contribution in [2.45, 2.75) is 57.2 Å². The van der Waals surface area contributed by atoms with Crippen molar-refractivity contribution in [2.24, 2.45) is 0 Å². The number of hydrogen-bond acceptors (Lipinski definition) is 6. The smallest absolute Gasteiger partial charge is 0.408 e. The molecule has 5 rings (SSSR count). The molecule has 2 fully saturated rings. The molecule has 0 radical (unpaired) electrons. The number of rotatable bonds is 7. The number of benzene rings is 3. The van der Waals surface area contributed by atoms with Gasteiger partial charge in [0.05, 0.1) is 0 Å². The summed E-state index contributed by atoms with van der Waals surface area (Å²) in [5.41, 5.74) is 1.43. The van der Waals surface area contributed by atoms with Crippen LogP contribution in [0.2, 0.25) is 0 Å². The van der Waals surface area contributed by atoms with Crippen LogP contribution in [0.5, 0.6) is 0 Å². The van der Waals surface area contributed by atoms with E-state index in [2.05, 4.69) is 10.6 Å². The van der Waals surface area contributed by atoms with Crippen LogP contribution in [0, 0.1) is 0 Å². The van der Waals surface area contributed by atoms with Gasteiger partial charge in [0.15, 0.2) is 0 Å². The lowest BCUT2D eigenvalue weighted by atomic mass is 9.90. The SMILES string of the molecule is CC(C)(C)N(Cc1cccc(CNC(=O)C2CNCC3C(=O)OC(c4ccccc4)(c4ccccc4)N23)c1)C(=O)O. The van der Waals surface area contributed by atoms with Crippen LogP contribution in [0.3, 0.4) is 0 Å². The van der Waals surface area contributed by atoms with Gasteiger partial charge in [0.2, 0.25) is 11.6 Å². The van der Waals surface area contributed by atoms with Gasteiger partial charge >= 0.3 is 12.1 Å². The standard InChI is InChI=1S/C32H36N4O5/c1-31(2,3)35(30(39)40)21-23-12-10-11-22(17-23)18-34-28(37)26-19-33-20-27-29(38)41-32(36(26)27,24-13-6-4-7-14-24)25-15-8-5-9-16-25/h4-17,26-27,33H,18-21H2,1-3H3,(H,34,37)(H,39,40). The first-order chi connectivity index (χ1) is 19.6. The number of nitrogens with zero attached hydrogens (tertiary/aromatic N) is 2. The Balaban J connectivity index is 1.41. The fourth-order valence-corrected chi connectivity index (χ4v) is 5.72. The van der Waals surface area contributed by atoms with Crippen LogP contribution < -0.4 is 10.6 Å². The van der Waals surface area contributed by atoms with Crippen molar-refractivity contribution in [3.05, 3.63) is 107 Å². The number of carbonyl (C=O) groups is 3. The van der Waals surface area contributed by atoms with E-state index in [9.17, 15) is 19.5 Å². The predicted molar refractivity (Wildman–Crippen MR) is 154 cm³/mol. The fraction of sp³-hybridized carbons (Fsp3) is 0.344. The summed E-state index contributed by atoms with van der Waals surface area (Å²) >= 11 is 0. The molecule has 2 heterocycles. The molecule has 0 saturated carbocycles. The van der Waals surface area contributed by atoms with Crippen molar-refractivity contribution in [1.82, 2.24) is 20.4 Å². The van der Waals surface area contributed by atoms with Crippen LogP contribution in [-0.4, -0.2) is 63.6 Å². The molecule has 3 aromatic carbocycles. The number of nitrogens with one attached hydrogen (secondary N) is 2. The molecule has 0 aliphatic carbocycles. The van der Waals surface area contributed by atoms with Gasteiger partial charge in [-0.3, -0.25) is 14.5 Å². The van der Waals surface area contributed by atoms with Crippen molar-refractivity contribution in [3.63, 3.8) is 0 Å². The second-order valence-electron chi connectivity index (χ2n) is 11.5. The first-order valence-corrected chi connectivity index (χ1v) is 13.8. The number of amides is 2. The highest BCUT2D eigenvalue weighted by molar-refractivity contribution is 5.86. The van der Waals surface area contributed by atoms with E-state index in [-0.39, 0.29) is 25.0 Å². The van der Waals surface area contributed by atoms with Gasteiger partial charge in [-0.05, 0) is 31.9 Å². The number of fused-ring (bicyclic) bond motifs is 1. The Kier molecular flexibility index (Phi) is 7.84. The lowest BCUT2D eigenvalue weighted by Gasteiger charge is -2.44. The minimum Gasteiger partial charge on any atom is -0.465 e. The quantitative estimate of drug-likeness (QED) is 0.381. The van der Waals surface area contributed by atoms with Crippen LogP contribution in [-0.2, 0) is 33.1 Å². The summed E-state index contributed by atoms with van der Waals surface area (Å²) < 4.78 is 6.23. The Morgan fingerprint density at radius 3 is 2.17 bits per heavy atom. The maximum absolute atomic E-state index is 13.8. The van der Waals surface area contributed by atoms with Crippen molar-refractivity contribution in [3.8, 4) is 0 Å². The normalized spacial score (nSPS) is 20.1. The summed E-state index contributed by atoms with van der Waals surface area (Å²) in [7, 11) is 0. The number of cyclic esters (lactones) is 1. The Labute approximate surface area is 240 Å².